The number of benzene rings is 1. The summed E-state index contributed by atoms with van der Waals surface area (Å²) in [7, 11) is 2.01. The van der Waals surface area contributed by atoms with Crippen LogP contribution in [0, 0.1) is 11.8 Å². The molecule has 1 aromatic heterocycles. The summed E-state index contributed by atoms with van der Waals surface area (Å²) in [6.45, 7) is 11.0. The van der Waals surface area contributed by atoms with Crippen LogP contribution in [0.25, 0.3) is 11.0 Å². The van der Waals surface area contributed by atoms with Crippen LogP contribution in [0.1, 0.15) is 50.9 Å². The van der Waals surface area contributed by atoms with Gasteiger partial charge in [-0.15, -0.1) is 0 Å². The van der Waals surface area contributed by atoms with Gasteiger partial charge in [0.25, 0.3) is 0 Å². The fourth-order valence-electron chi connectivity index (χ4n) is 4.27. The minimum Gasteiger partial charge on any atom is -0.461 e. The van der Waals surface area contributed by atoms with Crippen molar-refractivity contribution in [2.24, 2.45) is 11.8 Å². The van der Waals surface area contributed by atoms with Gasteiger partial charge in [-0.3, -0.25) is 4.90 Å². The van der Waals surface area contributed by atoms with Gasteiger partial charge in [-0.1, -0.05) is 39.5 Å². The molecule has 3 unspecified atom stereocenters. The average Bonchev–Trinajstić information content (AvgIpc) is 3.05. The van der Waals surface area contributed by atoms with Crippen molar-refractivity contribution in [2.75, 3.05) is 13.6 Å². The van der Waals surface area contributed by atoms with Gasteiger partial charge >= 0.3 is 5.97 Å². The fraction of sp³-hybridized carbons (Fsp3) is 0.522. The van der Waals surface area contributed by atoms with E-state index in [0.717, 1.165) is 42.5 Å². The standard InChI is InChI=1S/C23H31NO3/c1-6-18-19(10-11-24(5)23(18)27-22(25)7-2)21-14-17-9-8-16(12-15(3)4)13-20(17)26-21/h7-9,13-15,18-19,23H,2,6,10-12H2,1,3-5H3. The van der Waals surface area contributed by atoms with Gasteiger partial charge in [0.15, 0.2) is 6.23 Å². The van der Waals surface area contributed by atoms with Gasteiger partial charge < -0.3 is 9.15 Å². The molecule has 27 heavy (non-hydrogen) atoms. The lowest BCUT2D eigenvalue weighted by atomic mass is 9.80. The molecule has 4 heteroatoms. The maximum absolute atomic E-state index is 11.8. The second-order valence-corrected chi connectivity index (χ2v) is 8.10. The Bertz CT molecular complexity index is 807. The number of ether oxygens (including phenoxy) is 1. The van der Waals surface area contributed by atoms with Crippen LogP contribution in [0.3, 0.4) is 0 Å². The van der Waals surface area contributed by atoms with Crippen LogP contribution in [0.5, 0.6) is 0 Å². The lowest BCUT2D eigenvalue weighted by molar-refractivity contribution is -0.163. The van der Waals surface area contributed by atoms with Crippen LogP contribution < -0.4 is 0 Å². The Labute approximate surface area is 162 Å². The van der Waals surface area contributed by atoms with Crippen molar-refractivity contribution in [2.45, 2.75) is 52.2 Å². The number of carbonyl (C=O) groups excluding carboxylic acids is 1. The van der Waals surface area contributed by atoms with Crippen molar-refractivity contribution < 1.29 is 13.9 Å². The number of likely N-dealkylation sites (tertiary alicyclic amines) is 1. The van der Waals surface area contributed by atoms with Gasteiger partial charge in [0.1, 0.15) is 11.3 Å². The van der Waals surface area contributed by atoms with Crippen LogP contribution in [-0.2, 0) is 16.0 Å². The first-order valence-electron chi connectivity index (χ1n) is 9.98. The zero-order chi connectivity index (χ0) is 19.6. The van der Waals surface area contributed by atoms with E-state index in [2.05, 4.69) is 56.5 Å². The molecule has 4 nitrogen and oxygen atoms in total. The topological polar surface area (TPSA) is 42.7 Å². The molecule has 1 aromatic carbocycles. The molecule has 1 saturated heterocycles. The molecule has 3 atom stereocenters. The smallest absolute Gasteiger partial charge is 0.331 e. The third-order valence-electron chi connectivity index (χ3n) is 5.60. The van der Waals surface area contributed by atoms with E-state index in [4.69, 9.17) is 9.15 Å². The monoisotopic (exact) mass is 369 g/mol. The molecular weight excluding hydrogens is 338 g/mol. The molecule has 0 saturated carbocycles. The normalized spacial score (nSPS) is 23.7. The first-order chi connectivity index (χ1) is 12.9. The van der Waals surface area contributed by atoms with Gasteiger partial charge in [0.2, 0.25) is 0 Å². The van der Waals surface area contributed by atoms with E-state index < -0.39 is 0 Å². The zero-order valence-electron chi connectivity index (χ0n) is 16.9. The highest BCUT2D eigenvalue weighted by atomic mass is 16.6. The maximum atomic E-state index is 11.8. The Morgan fingerprint density at radius 1 is 1.41 bits per heavy atom. The molecule has 0 aliphatic carbocycles. The quantitative estimate of drug-likeness (QED) is 0.523. The number of hydrogen-bond acceptors (Lipinski definition) is 4. The van der Waals surface area contributed by atoms with E-state index in [1.165, 1.54) is 11.6 Å². The SMILES string of the molecule is C=CC(=O)OC1C(CC)C(c2cc3ccc(CC(C)C)cc3o2)CCN1C. The Morgan fingerprint density at radius 2 is 2.19 bits per heavy atom. The van der Waals surface area contributed by atoms with Gasteiger partial charge in [0, 0.05) is 29.8 Å². The zero-order valence-corrected chi connectivity index (χ0v) is 16.9. The molecule has 146 valence electrons. The van der Waals surface area contributed by atoms with Crippen molar-refractivity contribution in [1.82, 2.24) is 4.90 Å². The maximum Gasteiger partial charge on any atom is 0.331 e. The third kappa shape index (κ3) is 4.27. The number of rotatable bonds is 6. The predicted molar refractivity (Wildman–Crippen MR) is 109 cm³/mol. The molecule has 2 heterocycles. The summed E-state index contributed by atoms with van der Waals surface area (Å²) in [6, 6.07) is 8.69. The minimum absolute atomic E-state index is 0.198. The van der Waals surface area contributed by atoms with Crippen molar-refractivity contribution in [1.29, 1.82) is 0 Å². The molecule has 1 aliphatic heterocycles. The molecule has 0 spiro atoms. The number of piperidine rings is 1. The van der Waals surface area contributed by atoms with Crippen molar-refractivity contribution in [3.63, 3.8) is 0 Å². The number of hydrogen-bond donors (Lipinski definition) is 0. The molecular formula is C23H31NO3. The van der Waals surface area contributed by atoms with Crippen LogP contribution in [-0.4, -0.2) is 30.7 Å². The Hall–Kier alpha value is -2.07. The van der Waals surface area contributed by atoms with Crippen molar-refractivity contribution in [3.05, 3.63) is 48.2 Å². The van der Waals surface area contributed by atoms with E-state index in [-0.39, 0.29) is 24.0 Å². The summed E-state index contributed by atoms with van der Waals surface area (Å²) >= 11 is 0. The number of esters is 1. The highest BCUT2D eigenvalue weighted by molar-refractivity contribution is 5.81. The van der Waals surface area contributed by atoms with Crippen LogP contribution in [0.15, 0.2) is 41.3 Å². The molecule has 0 radical (unpaired) electrons. The van der Waals surface area contributed by atoms with Crippen LogP contribution >= 0.6 is 0 Å². The first kappa shape index (κ1) is 19.7. The van der Waals surface area contributed by atoms with E-state index in [0.29, 0.717) is 5.92 Å². The molecule has 3 rings (SSSR count). The molecule has 1 aliphatic rings. The second kappa shape index (κ2) is 8.30. The van der Waals surface area contributed by atoms with E-state index >= 15 is 0 Å². The molecule has 0 bridgehead atoms. The third-order valence-corrected chi connectivity index (χ3v) is 5.60. The number of nitrogens with zero attached hydrogens (tertiary/aromatic N) is 1. The van der Waals surface area contributed by atoms with Crippen molar-refractivity contribution in [3.8, 4) is 0 Å². The van der Waals surface area contributed by atoms with Gasteiger partial charge in [-0.25, -0.2) is 4.79 Å². The predicted octanol–water partition coefficient (Wildman–Crippen LogP) is 5.13. The Morgan fingerprint density at radius 3 is 2.85 bits per heavy atom. The molecule has 1 fully saturated rings. The van der Waals surface area contributed by atoms with Gasteiger partial charge in [0.05, 0.1) is 0 Å². The number of fused-ring (bicyclic) bond motifs is 1. The Kier molecular flexibility index (Phi) is 6.05. The Balaban J connectivity index is 1.89. The van der Waals surface area contributed by atoms with Gasteiger partial charge in [-0.05, 0) is 49.9 Å². The van der Waals surface area contributed by atoms with E-state index in [1.54, 1.807) is 0 Å². The summed E-state index contributed by atoms with van der Waals surface area (Å²) in [5.41, 5.74) is 2.27. The second-order valence-electron chi connectivity index (χ2n) is 8.10. The number of carbonyl (C=O) groups is 1. The highest BCUT2D eigenvalue weighted by Crippen LogP contribution is 2.41. The molecule has 0 N–H and O–H groups in total. The van der Waals surface area contributed by atoms with Crippen molar-refractivity contribution >= 4 is 16.9 Å². The summed E-state index contributed by atoms with van der Waals surface area (Å²) in [4.78, 5) is 13.9. The largest absolute Gasteiger partial charge is 0.461 e. The average molecular weight is 370 g/mol. The summed E-state index contributed by atoms with van der Waals surface area (Å²) in [5, 5.41) is 1.14. The van der Waals surface area contributed by atoms with Crippen LogP contribution in [0.2, 0.25) is 0 Å². The highest BCUT2D eigenvalue weighted by Gasteiger charge is 2.39. The van der Waals surface area contributed by atoms with Gasteiger partial charge in [-0.2, -0.15) is 0 Å². The lowest BCUT2D eigenvalue weighted by Crippen LogP contribution is -2.48. The summed E-state index contributed by atoms with van der Waals surface area (Å²) in [6.07, 6.45) is 3.96. The first-order valence-corrected chi connectivity index (χ1v) is 9.98. The lowest BCUT2D eigenvalue weighted by Gasteiger charge is -2.42. The summed E-state index contributed by atoms with van der Waals surface area (Å²) in [5.74, 6) is 1.70. The molecule has 0 amide bonds. The number of furan rings is 1. The van der Waals surface area contributed by atoms with Crippen LogP contribution in [0.4, 0.5) is 0 Å². The fourth-order valence-corrected chi connectivity index (χ4v) is 4.27. The minimum atomic E-state index is -0.367. The summed E-state index contributed by atoms with van der Waals surface area (Å²) < 4.78 is 12.0. The van der Waals surface area contributed by atoms with E-state index in [1.807, 2.05) is 7.05 Å². The van der Waals surface area contributed by atoms with E-state index in [9.17, 15) is 4.79 Å². The molecule has 2 aromatic rings.